The van der Waals surface area contributed by atoms with E-state index >= 15 is 0 Å². The van der Waals surface area contributed by atoms with Gasteiger partial charge in [-0.25, -0.2) is 4.79 Å². The molecule has 0 saturated carbocycles. The SMILES string of the molecule is CCN=C(CC(=O)O)C(=O)OC(C)CC. The normalized spacial score (nSPS) is 13.4. The number of carboxylic acids is 1. The molecule has 0 saturated heterocycles. The van der Waals surface area contributed by atoms with E-state index in [1.807, 2.05) is 6.92 Å². The number of hydrogen-bond donors (Lipinski definition) is 1. The van der Waals surface area contributed by atoms with Gasteiger partial charge in [-0.15, -0.1) is 0 Å². The number of carboxylic acid groups (broad SMARTS) is 1. The Labute approximate surface area is 89.1 Å². The molecule has 0 aromatic carbocycles. The molecule has 0 heterocycles. The van der Waals surface area contributed by atoms with Gasteiger partial charge in [0, 0.05) is 6.54 Å². The van der Waals surface area contributed by atoms with Crippen LogP contribution in [0.5, 0.6) is 0 Å². The number of aliphatic carboxylic acids is 1. The first kappa shape index (κ1) is 13.6. The van der Waals surface area contributed by atoms with Gasteiger partial charge in [-0.3, -0.25) is 9.79 Å². The molecule has 1 atom stereocenters. The maximum absolute atomic E-state index is 11.4. The Bertz CT molecular complexity index is 260. The Kier molecular flexibility index (Phi) is 6.33. The van der Waals surface area contributed by atoms with Gasteiger partial charge in [0.15, 0.2) is 0 Å². The van der Waals surface area contributed by atoms with Gasteiger partial charge in [0.05, 0.1) is 12.5 Å². The lowest BCUT2D eigenvalue weighted by Gasteiger charge is -2.11. The zero-order valence-corrected chi connectivity index (χ0v) is 9.32. The quantitative estimate of drug-likeness (QED) is 0.534. The van der Waals surface area contributed by atoms with Gasteiger partial charge in [-0.1, -0.05) is 6.92 Å². The van der Waals surface area contributed by atoms with Crippen LogP contribution >= 0.6 is 0 Å². The molecule has 0 amide bonds. The van der Waals surface area contributed by atoms with E-state index in [1.165, 1.54) is 0 Å². The molecule has 0 aliphatic carbocycles. The lowest BCUT2D eigenvalue weighted by molar-refractivity contribution is -0.142. The van der Waals surface area contributed by atoms with Crippen LogP contribution in [0.25, 0.3) is 0 Å². The first-order chi connectivity index (χ1) is 7.01. The van der Waals surface area contributed by atoms with E-state index in [0.29, 0.717) is 13.0 Å². The van der Waals surface area contributed by atoms with Gasteiger partial charge in [0.1, 0.15) is 5.71 Å². The third-order valence-electron chi connectivity index (χ3n) is 1.79. The maximum Gasteiger partial charge on any atom is 0.353 e. The van der Waals surface area contributed by atoms with Crippen LogP contribution < -0.4 is 0 Å². The molecule has 1 N–H and O–H groups in total. The minimum atomic E-state index is -1.08. The number of hydrogen-bond acceptors (Lipinski definition) is 4. The van der Waals surface area contributed by atoms with E-state index in [1.54, 1.807) is 13.8 Å². The fraction of sp³-hybridized carbons (Fsp3) is 0.700. The number of carbonyl (C=O) groups is 2. The highest BCUT2D eigenvalue weighted by Crippen LogP contribution is 2.00. The van der Waals surface area contributed by atoms with Gasteiger partial charge in [0.25, 0.3) is 0 Å². The molecule has 0 fully saturated rings. The Morgan fingerprint density at radius 2 is 2.00 bits per heavy atom. The Morgan fingerprint density at radius 1 is 1.40 bits per heavy atom. The molecule has 86 valence electrons. The summed E-state index contributed by atoms with van der Waals surface area (Å²) in [5, 5.41) is 8.56. The van der Waals surface area contributed by atoms with Crippen molar-refractivity contribution in [1.82, 2.24) is 0 Å². The Hall–Kier alpha value is -1.39. The van der Waals surface area contributed by atoms with E-state index in [9.17, 15) is 9.59 Å². The van der Waals surface area contributed by atoms with Crippen molar-refractivity contribution in [3.8, 4) is 0 Å². The summed E-state index contributed by atoms with van der Waals surface area (Å²) >= 11 is 0. The highest BCUT2D eigenvalue weighted by Gasteiger charge is 2.18. The van der Waals surface area contributed by atoms with Crippen molar-refractivity contribution in [2.45, 2.75) is 39.7 Å². The summed E-state index contributed by atoms with van der Waals surface area (Å²) in [7, 11) is 0. The first-order valence-electron chi connectivity index (χ1n) is 4.97. The molecule has 0 aromatic heterocycles. The number of aliphatic imine (C=N–C) groups is 1. The van der Waals surface area contributed by atoms with E-state index in [0.717, 1.165) is 0 Å². The van der Waals surface area contributed by atoms with Crippen LogP contribution in [0.3, 0.4) is 0 Å². The van der Waals surface area contributed by atoms with Crippen LogP contribution in [0.15, 0.2) is 4.99 Å². The third-order valence-corrected chi connectivity index (χ3v) is 1.79. The monoisotopic (exact) mass is 215 g/mol. The maximum atomic E-state index is 11.4. The van der Waals surface area contributed by atoms with Crippen LogP contribution in [0, 0.1) is 0 Å². The number of carbonyl (C=O) groups excluding carboxylic acids is 1. The molecule has 0 bridgehead atoms. The van der Waals surface area contributed by atoms with Gasteiger partial charge < -0.3 is 9.84 Å². The molecule has 0 rings (SSSR count). The van der Waals surface area contributed by atoms with Crippen molar-refractivity contribution in [2.75, 3.05) is 6.54 Å². The van der Waals surface area contributed by atoms with Crippen LogP contribution in [0.4, 0.5) is 0 Å². The molecule has 15 heavy (non-hydrogen) atoms. The van der Waals surface area contributed by atoms with Crippen molar-refractivity contribution < 1.29 is 19.4 Å². The van der Waals surface area contributed by atoms with Crippen LogP contribution in [0.1, 0.15) is 33.6 Å². The predicted octanol–water partition coefficient (Wildman–Crippen LogP) is 1.26. The largest absolute Gasteiger partial charge is 0.481 e. The number of esters is 1. The molecule has 5 heteroatoms. The minimum absolute atomic E-state index is 0.0229. The zero-order valence-electron chi connectivity index (χ0n) is 9.32. The van der Waals surface area contributed by atoms with Crippen LogP contribution in [-0.4, -0.2) is 35.4 Å². The highest BCUT2D eigenvalue weighted by atomic mass is 16.5. The van der Waals surface area contributed by atoms with Crippen molar-refractivity contribution >= 4 is 17.7 Å². The van der Waals surface area contributed by atoms with E-state index < -0.39 is 11.9 Å². The number of ether oxygens (including phenoxy) is 1. The molecule has 5 nitrogen and oxygen atoms in total. The average molecular weight is 215 g/mol. The fourth-order valence-corrected chi connectivity index (χ4v) is 0.861. The van der Waals surface area contributed by atoms with Gasteiger partial charge >= 0.3 is 11.9 Å². The molecular formula is C10H17NO4. The molecule has 0 aromatic rings. The van der Waals surface area contributed by atoms with Crippen molar-refractivity contribution in [3.63, 3.8) is 0 Å². The highest BCUT2D eigenvalue weighted by molar-refractivity contribution is 6.39. The lowest BCUT2D eigenvalue weighted by Crippen LogP contribution is -2.24. The van der Waals surface area contributed by atoms with Crippen LogP contribution in [0.2, 0.25) is 0 Å². The molecule has 1 unspecified atom stereocenters. The first-order valence-corrected chi connectivity index (χ1v) is 4.97. The Morgan fingerprint density at radius 3 is 2.40 bits per heavy atom. The van der Waals surface area contributed by atoms with Gasteiger partial charge in [0.2, 0.25) is 0 Å². The second-order valence-electron chi connectivity index (χ2n) is 3.12. The Balaban J connectivity index is 4.43. The summed E-state index contributed by atoms with van der Waals surface area (Å²) in [5.41, 5.74) is -0.0229. The summed E-state index contributed by atoms with van der Waals surface area (Å²) < 4.78 is 4.98. The summed E-state index contributed by atoms with van der Waals surface area (Å²) in [5.74, 6) is -1.71. The topological polar surface area (TPSA) is 76.0 Å². The average Bonchev–Trinajstić information content (AvgIpc) is 2.16. The van der Waals surface area contributed by atoms with E-state index in [-0.39, 0.29) is 18.2 Å². The molecule has 0 spiro atoms. The second-order valence-corrected chi connectivity index (χ2v) is 3.12. The van der Waals surface area contributed by atoms with Crippen molar-refractivity contribution in [2.24, 2.45) is 4.99 Å². The minimum Gasteiger partial charge on any atom is -0.481 e. The molecule has 0 radical (unpaired) electrons. The summed E-state index contributed by atoms with van der Waals surface area (Å²) in [6.07, 6.45) is 0.0924. The van der Waals surface area contributed by atoms with E-state index in [4.69, 9.17) is 9.84 Å². The number of nitrogens with zero attached hydrogens (tertiary/aromatic N) is 1. The fourth-order valence-electron chi connectivity index (χ4n) is 0.861. The molecule has 0 aliphatic heterocycles. The summed E-state index contributed by atoms with van der Waals surface area (Å²) in [6, 6.07) is 0. The molecular weight excluding hydrogens is 198 g/mol. The summed E-state index contributed by atoms with van der Waals surface area (Å²) in [6.45, 7) is 5.74. The second kappa shape index (κ2) is 6.98. The summed E-state index contributed by atoms with van der Waals surface area (Å²) in [4.78, 5) is 25.7. The lowest BCUT2D eigenvalue weighted by atomic mass is 10.2. The number of rotatable bonds is 6. The van der Waals surface area contributed by atoms with Gasteiger partial charge in [-0.05, 0) is 20.3 Å². The van der Waals surface area contributed by atoms with Crippen molar-refractivity contribution in [1.29, 1.82) is 0 Å². The smallest absolute Gasteiger partial charge is 0.353 e. The van der Waals surface area contributed by atoms with Crippen LogP contribution in [-0.2, 0) is 14.3 Å². The predicted molar refractivity (Wildman–Crippen MR) is 56.1 cm³/mol. The van der Waals surface area contributed by atoms with Gasteiger partial charge in [-0.2, -0.15) is 0 Å². The van der Waals surface area contributed by atoms with E-state index in [2.05, 4.69) is 4.99 Å². The zero-order chi connectivity index (χ0) is 11.8. The molecule has 0 aliphatic rings. The van der Waals surface area contributed by atoms with Crippen molar-refractivity contribution in [3.05, 3.63) is 0 Å². The standard InChI is InChI=1S/C10H17NO4/c1-4-7(3)15-10(14)8(11-5-2)6-9(12)13/h7H,4-6H2,1-3H3,(H,12,13). The third kappa shape index (κ3) is 5.83.